The van der Waals surface area contributed by atoms with Crippen molar-refractivity contribution in [2.75, 3.05) is 12.0 Å². The van der Waals surface area contributed by atoms with Gasteiger partial charge in [0.05, 0.1) is 19.2 Å². The van der Waals surface area contributed by atoms with Crippen molar-refractivity contribution in [2.45, 2.75) is 45.7 Å². The average molecular weight is 318 g/mol. The van der Waals surface area contributed by atoms with Crippen LogP contribution in [0.1, 0.15) is 33.6 Å². The number of anilines is 1. The minimum Gasteiger partial charge on any atom is -0.497 e. The van der Waals surface area contributed by atoms with Crippen LogP contribution in [0.4, 0.5) is 5.69 Å². The molecule has 0 aromatic heterocycles. The SMILES string of the molecule is CCC(C)N(C(C)=O)C1CC(=O)N(c2ccc(OC)cc2)C1=O. The Bertz CT molecular complexity index is 612. The summed E-state index contributed by atoms with van der Waals surface area (Å²) in [5.41, 5.74) is 0.496. The molecule has 1 aromatic carbocycles. The molecule has 2 unspecified atom stereocenters. The van der Waals surface area contributed by atoms with E-state index in [0.717, 1.165) is 11.3 Å². The Morgan fingerprint density at radius 1 is 1.35 bits per heavy atom. The maximum atomic E-state index is 12.7. The van der Waals surface area contributed by atoms with Crippen molar-refractivity contribution in [1.29, 1.82) is 0 Å². The second kappa shape index (κ2) is 6.81. The zero-order chi connectivity index (χ0) is 17.1. The molecule has 2 rings (SSSR count). The molecule has 1 aromatic rings. The second-order valence-corrected chi connectivity index (χ2v) is 5.67. The van der Waals surface area contributed by atoms with Gasteiger partial charge in [0.2, 0.25) is 11.8 Å². The smallest absolute Gasteiger partial charge is 0.257 e. The largest absolute Gasteiger partial charge is 0.497 e. The van der Waals surface area contributed by atoms with Crippen molar-refractivity contribution in [2.24, 2.45) is 0 Å². The Labute approximate surface area is 136 Å². The van der Waals surface area contributed by atoms with Gasteiger partial charge in [-0.2, -0.15) is 0 Å². The van der Waals surface area contributed by atoms with Crippen LogP contribution in [0.5, 0.6) is 5.75 Å². The van der Waals surface area contributed by atoms with Crippen molar-refractivity contribution < 1.29 is 19.1 Å². The summed E-state index contributed by atoms with van der Waals surface area (Å²) >= 11 is 0. The van der Waals surface area contributed by atoms with Crippen molar-refractivity contribution in [3.8, 4) is 5.75 Å². The normalized spacial score (nSPS) is 19.0. The van der Waals surface area contributed by atoms with E-state index in [9.17, 15) is 14.4 Å². The van der Waals surface area contributed by atoms with Crippen LogP contribution in [-0.2, 0) is 14.4 Å². The minimum atomic E-state index is -0.725. The Hall–Kier alpha value is -2.37. The maximum Gasteiger partial charge on any atom is 0.257 e. The molecule has 1 heterocycles. The number of hydrogen-bond donors (Lipinski definition) is 0. The van der Waals surface area contributed by atoms with Crippen molar-refractivity contribution >= 4 is 23.4 Å². The third-order valence-electron chi connectivity index (χ3n) is 4.22. The van der Waals surface area contributed by atoms with Crippen LogP contribution in [0.3, 0.4) is 0 Å². The van der Waals surface area contributed by atoms with Gasteiger partial charge < -0.3 is 9.64 Å². The zero-order valence-corrected chi connectivity index (χ0v) is 13.9. The Kier molecular flexibility index (Phi) is 5.03. The van der Waals surface area contributed by atoms with Crippen LogP contribution in [-0.4, -0.2) is 41.8 Å². The van der Waals surface area contributed by atoms with Crippen LogP contribution < -0.4 is 9.64 Å². The van der Waals surface area contributed by atoms with Crippen LogP contribution in [0.15, 0.2) is 24.3 Å². The Balaban J connectivity index is 2.29. The van der Waals surface area contributed by atoms with Gasteiger partial charge >= 0.3 is 0 Å². The summed E-state index contributed by atoms with van der Waals surface area (Å²) in [6, 6.07) is 5.90. The molecule has 0 radical (unpaired) electrons. The number of ether oxygens (including phenoxy) is 1. The topological polar surface area (TPSA) is 66.9 Å². The molecule has 3 amide bonds. The highest BCUT2D eigenvalue weighted by molar-refractivity contribution is 6.23. The third-order valence-corrected chi connectivity index (χ3v) is 4.22. The molecule has 0 saturated carbocycles. The highest BCUT2D eigenvalue weighted by atomic mass is 16.5. The fourth-order valence-electron chi connectivity index (χ4n) is 2.87. The van der Waals surface area contributed by atoms with E-state index >= 15 is 0 Å². The van der Waals surface area contributed by atoms with E-state index in [0.29, 0.717) is 11.4 Å². The molecule has 0 aliphatic carbocycles. The van der Waals surface area contributed by atoms with Crippen LogP contribution in [0, 0.1) is 0 Å². The summed E-state index contributed by atoms with van der Waals surface area (Å²) in [5, 5.41) is 0. The van der Waals surface area contributed by atoms with Gasteiger partial charge in [-0.15, -0.1) is 0 Å². The lowest BCUT2D eigenvalue weighted by Gasteiger charge is -2.31. The van der Waals surface area contributed by atoms with Gasteiger partial charge in [0.25, 0.3) is 5.91 Å². The molecule has 1 aliphatic heterocycles. The third kappa shape index (κ3) is 3.21. The standard InChI is InChI=1S/C17H22N2O4/c1-5-11(2)18(12(3)20)15-10-16(21)19(17(15)22)13-6-8-14(23-4)9-7-13/h6-9,11,15H,5,10H2,1-4H3. The molecular weight excluding hydrogens is 296 g/mol. The first-order valence-corrected chi connectivity index (χ1v) is 7.70. The fraction of sp³-hybridized carbons (Fsp3) is 0.471. The molecule has 23 heavy (non-hydrogen) atoms. The van der Waals surface area contributed by atoms with Gasteiger partial charge in [-0.05, 0) is 37.6 Å². The number of carbonyl (C=O) groups is 3. The highest BCUT2D eigenvalue weighted by Crippen LogP contribution is 2.28. The van der Waals surface area contributed by atoms with Crippen LogP contribution in [0.2, 0.25) is 0 Å². The number of carbonyl (C=O) groups excluding carboxylic acids is 3. The summed E-state index contributed by atoms with van der Waals surface area (Å²) in [5.74, 6) is -0.188. The van der Waals surface area contributed by atoms with E-state index < -0.39 is 6.04 Å². The average Bonchev–Trinajstić information content (AvgIpc) is 2.82. The minimum absolute atomic E-state index is 0.0226. The molecule has 0 N–H and O–H groups in total. The van der Waals surface area contributed by atoms with Crippen molar-refractivity contribution in [1.82, 2.24) is 4.90 Å². The van der Waals surface area contributed by atoms with Gasteiger partial charge in [0.15, 0.2) is 0 Å². The lowest BCUT2D eigenvalue weighted by Crippen LogP contribution is -2.48. The summed E-state index contributed by atoms with van der Waals surface area (Å²) in [6.45, 7) is 5.26. The van der Waals surface area contributed by atoms with Gasteiger partial charge in [-0.3, -0.25) is 14.4 Å². The monoisotopic (exact) mass is 318 g/mol. The van der Waals surface area contributed by atoms with Crippen molar-refractivity contribution in [3.05, 3.63) is 24.3 Å². The van der Waals surface area contributed by atoms with Gasteiger partial charge in [-0.1, -0.05) is 6.92 Å². The summed E-state index contributed by atoms with van der Waals surface area (Å²) in [7, 11) is 1.55. The lowest BCUT2D eigenvalue weighted by molar-refractivity contribution is -0.138. The summed E-state index contributed by atoms with van der Waals surface area (Å²) in [6.07, 6.45) is 0.745. The molecule has 1 fully saturated rings. The van der Waals surface area contributed by atoms with E-state index in [1.165, 1.54) is 11.8 Å². The summed E-state index contributed by atoms with van der Waals surface area (Å²) < 4.78 is 5.08. The summed E-state index contributed by atoms with van der Waals surface area (Å²) in [4.78, 5) is 39.7. The first-order valence-electron chi connectivity index (χ1n) is 7.70. The Morgan fingerprint density at radius 2 is 1.96 bits per heavy atom. The van der Waals surface area contributed by atoms with E-state index in [1.807, 2.05) is 13.8 Å². The predicted molar refractivity (Wildman–Crippen MR) is 86.2 cm³/mol. The van der Waals surface area contributed by atoms with E-state index in [1.54, 1.807) is 31.4 Å². The molecule has 6 heteroatoms. The number of imide groups is 1. The van der Waals surface area contributed by atoms with Crippen LogP contribution >= 0.6 is 0 Å². The number of nitrogens with zero attached hydrogens (tertiary/aromatic N) is 2. The molecule has 124 valence electrons. The van der Waals surface area contributed by atoms with Gasteiger partial charge in [0.1, 0.15) is 11.8 Å². The predicted octanol–water partition coefficient (Wildman–Crippen LogP) is 1.97. The Morgan fingerprint density at radius 3 is 2.43 bits per heavy atom. The first-order chi connectivity index (χ1) is 10.9. The fourth-order valence-corrected chi connectivity index (χ4v) is 2.87. The number of methoxy groups -OCH3 is 1. The molecular formula is C17H22N2O4. The van der Waals surface area contributed by atoms with E-state index in [2.05, 4.69) is 0 Å². The molecule has 1 aliphatic rings. The number of benzene rings is 1. The van der Waals surface area contributed by atoms with E-state index in [4.69, 9.17) is 4.74 Å². The second-order valence-electron chi connectivity index (χ2n) is 5.67. The van der Waals surface area contributed by atoms with E-state index in [-0.39, 0.29) is 30.2 Å². The van der Waals surface area contributed by atoms with Crippen molar-refractivity contribution in [3.63, 3.8) is 0 Å². The number of rotatable bonds is 5. The number of hydrogen-bond acceptors (Lipinski definition) is 4. The molecule has 2 atom stereocenters. The number of amides is 3. The maximum absolute atomic E-state index is 12.7. The molecule has 0 bridgehead atoms. The molecule has 1 saturated heterocycles. The van der Waals surface area contributed by atoms with Crippen LogP contribution in [0.25, 0.3) is 0 Å². The first kappa shape index (κ1) is 17.0. The molecule has 0 spiro atoms. The lowest BCUT2D eigenvalue weighted by atomic mass is 10.1. The van der Waals surface area contributed by atoms with Gasteiger partial charge in [-0.25, -0.2) is 4.90 Å². The zero-order valence-electron chi connectivity index (χ0n) is 13.9. The quantitative estimate of drug-likeness (QED) is 0.779. The highest BCUT2D eigenvalue weighted by Gasteiger charge is 2.44. The molecule has 6 nitrogen and oxygen atoms in total. The van der Waals surface area contributed by atoms with Gasteiger partial charge in [0, 0.05) is 13.0 Å².